The highest BCUT2D eigenvalue weighted by Gasteiger charge is 2.38. The summed E-state index contributed by atoms with van der Waals surface area (Å²) in [6.45, 7) is 3.30. The van der Waals surface area contributed by atoms with E-state index in [1.54, 1.807) is 36.4 Å². The van der Waals surface area contributed by atoms with Gasteiger partial charge in [0.1, 0.15) is 11.6 Å². The summed E-state index contributed by atoms with van der Waals surface area (Å²) in [5.41, 5.74) is 1.62. The fourth-order valence-electron chi connectivity index (χ4n) is 5.36. The van der Waals surface area contributed by atoms with E-state index in [9.17, 15) is 17.6 Å². The van der Waals surface area contributed by atoms with Crippen LogP contribution in [0.25, 0.3) is 22.4 Å². The normalized spacial score (nSPS) is 17.5. The molecule has 3 heterocycles. The number of anilines is 1. The van der Waals surface area contributed by atoms with Crippen molar-refractivity contribution in [1.82, 2.24) is 14.9 Å². The second-order valence-corrected chi connectivity index (χ2v) is 10.5. The Kier molecular flexibility index (Phi) is 8.70. The van der Waals surface area contributed by atoms with E-state index in [1.165, 1.54) is 38.5 Å². The number of hydrogen-bond acceptors (Lipinski definition) is 7. The molecule has 2 aliphatic heterocycles. The predicted octanol–water partition coefficient (Wildman–Crippen LogP) is 7.01. The van der Waals surface area contributed by atoms with E-state index in [1.807, 2.05) is 4.90 Å². The third-order valence-corrected chi connectivity index (χ3v) is 7.94. The average molecular weight is 563 g/mol. The molecule has 2 saturated heterocycles. The molecule has 0 amide bonds. The summed E-state index contributed by atoms with van der Waals surface area (Å²) in [5, 5.41) is 0. The lowest BCUT2D eigenvalue weighted by Crippen LogP contribution is -2.47. The lowest BCUT2D eigenvalue weighted by molar-refractivity contribution is -0.160. The van der Waals surface area contributed by atoms with Gasteiger partial charge in [-0.15, -0.1) is 0 Å². The molecule has 2 fully saturated rings. The summed E-state index contributed by atoms with van der Waals surface area (Å²) in [5.74, 6) is -1.41. The van der Waals surface area contributed by atoms with E-state index < -0.39 is 17.8 Å². The van der Waals surface area contributed by atoms with Crippen LogP contribution in [0.1, 0.15) is 37.9 Å². The summed E-state index contributed by atoms with van der Waals surface area (Å²) in [7, 11) is 1.38. The van der Waals surface area contributed by atoms with Gasteiger partial charge in [0.25, 0.3) is 0 Å². The van der Waals surface area contributed by atoms with E-state index in [4.69, 9.17) is 4.33 Å². The van der Waals surface area contributed by atoms with Gasteiger partial charge in [0, 0.05) is 29.6 Å². The van der Waals surface area contributed by atoms with Gasteiger partial charge in [-0.1, -0.05) is 30.7 Å². The minimum atomic E-state index is -4.74. The number of hydrogen-bond donors (Lipinski definition) is 0. The molecule has 5 rings (SSSR count). The number of likely N-dealkylation sites (tertiary alicyclic amines) is 1. The summed E-state index contributed by atoms with van der Waals surface area (Å²) in [6.07, 6.45) is 0.574. The summed E-state index contributed by atoms with van der Waals surface area (Å²) in [4.78, 5) is 17.9. The van der Waals surface area contributed by atoms with Gasteiger partial charge in [0.2, 0.25) is 5.82 Å². The Hall–Kier alpha value is -2.73. The monoisotopic (exact) mass is 562 g/mol. The molecule has 6 nitrogen and oxygen atoms in total. The molecule has 208 valence electrons. The summed E-state index contributed by atoms with van der Waals surface area (Å²) in [6, 6.07) is 12.9. The van der Waals surface area contributed by atoms with Crippen LogP contribution in [0.4, 0.5) is 23.4 Å². The van der Waals surface area contributed by atoms with Crippen molar-refractivity contribution in [2.24, 2.45) is 0 Å². The molecule has 0 bridgehead atoms. The van der Waals surface area contributed by atoms with E-state index in [-0.39, 0.29) is 11.5 Å². The molecule has 11 heteroatoms. The maximum absolute atomic E-state index is 14.1. The van der Waals surface area contributed by atoms with Crippen molar-refractivity contribution in [3.8, 4) is 22.4 Å². The molecule has 2 aliphatic rings. The van der Waals surface area contributed by atoms with E-state index in [2.05, 4.69) is 19.8 Å². The summed E-state index contributed by atoms with van der Waals surface area (Å²) < 4.78 is 61.0. The van der Waals surface area contributed by atoms with Crippen molar-refractivity contribution in [2.45, 2.75) is 49.2 Å². The fraction of sp³-hybridized carbons (Fsp3) is 0.429. The van der Waals surface area contributed by atoms with Crippen molar-refractivity contribution in [1.29, 1.82) is 0 Å². The van der Waals surface area contributed by atoms with Crippen LogP contribution in [0, 0.1) is 5.82 Å². The Labute approximate surface area is 229 Å². The van der Waals surface area contributed by atoms with E-state index >= 15 is 0 Å². The average Bonchev–Trinajstić information content (AvgIpc) is 2.96. The molecular formula is C28H30F4N4O2S. The first-order valence-electron chi connectivity index (χ1n) is 13.1. The molecule has 0 unspecified atom stereocenters. The van der Waals surface area contributed by atoms with Crippen LogP contribution in [0.3, 0.4) is 0 Å². The number of aromatic nitrogens is 2. The minimum absolute atomic E-state index is 0.140. The first kappa shape index (κ1) is 27.8. The highest BCUT2D eigenvalue weighted by Crippen LogP contribution is 2.41. The number of alkyl halides is 3. The van der Waals surface area contributed by atoms with Gasteiger partial charge in [-0.25, -0.2) is 19.2 Å². The van der Waals surface area contributed by atoms with Crippen molar-refractivity contribution in [3.63, 3.8) is 0 Å². The quantitative estimate of drug-likeness (QED) is 0.133. The largest absolute Gasteiger partial charge is 0.451 e. The highest BCUT2D eigenvalue weighted by molar-refractivity contribution is 7.94. The molecule has 0 spiro atoms. The minimum Gasteiger partial charge on any atom is -0.356 e. The number of rotatable bonds is 7. The second-order valence-electron chi connectivity index (χ2n) is 9.76. The molecule has 3 aromatic rings. The Morgan fingerprint density at radius 1 is 0.846 bits per heavy atom. The molecule has 0 saturated carbocycles. The van der Waals surface area contributed by atoms with Gasteiger partial charge in [0.15, 0.2) is 0 Å². The van der Waals surface area contributed by atoms with Crippen LogP contribution in [0.5, 0.6) is 0 Å². The third kappa shape index (κ3) is 6.54. The summed E-state index contributed by atoms with van der Waals surface area (Å²) >= 11 is 0.983. The zero-order valence-corrected chi connectivity index (χ0v) is 22.4. The third-order valence-electron chi connectivity index (χ3n) is 7.27. The lowest BCUT2D eigenvalue weighted by atomic mass is 9.96. The topological polar surface area (TPSA) is 50.7 Å². The van der Waals surface area contributed by atoms with Crippen LogP contribution in [0.15, 0.2) is 53.4 Å². The first-order valence-corrected chi connectivity index (χ1v) is 13.8. The first-order chi connectivity index (χ1) is 18.8. The van der Waals surface area contributed by atoms with Crippen molar-refractivity contribution >= 4 is 17.9 Å². The molecular weight excluding hydrogens is 532 g/mol. The van der Waals surface area contributed by atoms with Crippen molar-refractivity contribution in [2.75, 3.05) is 38.2 Å². The standard InChI is InChI=1S/C28H30F4N4O2S/c1-37-38-39-23-11-7-20(8-12-23)25-24(19-5-9-21(29)10-6-19)26(34-27(33-25)28(30,31)32)36-17-13-22(14-18-36)35-15-3-2-4-16-35/h5-12,22H,2-4,13-18H2,1H3. The van der Waals surface area contributed by atoms with Crippen LogP contribution in [0.2, 0.25) is 0 Å². The van der Waals surface area contributed by atoms with Gasteiger partial charge in [-0.3, -0.25) is 0 Å². The Bertz CT molecular complexity index is 1240. The highest BCUT2D eigenvalue weighted by atomic mass is 32.2. The fourth-order valence-corrected chi connectivity index (χ4v) is 5.76. The van der Waals surface area contributed by atoms with Crippen molar-refractivity contribution in [3.05, 3.63) is 60.2 Å². The lowest BCUT2D eigenvalue weighted by Gasteiger charge is -2.41. The zero-order valence-electron chi connectivity index (χ0n) is 21.6. The van der Waals surface area contributed by atoms with Crippen molar-refractivity contribution < 1.29 is 26.8 Å². The van der Waals surface area contributed by atoms with Crippen LogP contribution >= 0.6 is 12.0 Å². The Balaban J connectivity index is 1.57. The molecule has 0 atom stereocenters. The molecule has 2 aromatic carbocycles. The molecule has 39 heavy (non-hydrogen) atoms. The number of piperidine rings is 2. The van der Waals surface area contributed by atoms with Gasteiger partial charge in [-0.2, -0.15) is 17.5 Å². The van der Waals surface area contributed by atoms with Gasteiger partial charge in [0.05, 0.1) is 30.4 Å². The second kappa shape index (κ2) is 12.2. The maximum Gasteiger partial charge on any atom is 0.451 e. The number of nitrogens with zero attached hydrogens (tertiary/aromatic N) is 4. The number of halogens is 4. The molecule has 1 aromatic heterocycles. The number of benzene rings is 2. The van der Waals surface area contributed by atoms with Gasteiger partial charge in [-0.05, 0) is 68.6 Å². The SMILES string of the molecule is COOSc1ccc(-c2nc(C(F)(F)F)nc(N3CCC(N4CCCCC4)CC3)c2-c2ccc(F)cc2)cc1. The van der Waals surface area contributed by atoms with Crippen LogP contribution in [-0.4, -0.2) is 54.2 Å². The maximum atomic E-state index is 14.1. The molecule has 0 N–H and O–H groups in total. The predicted molar refractivity (Wildman–Crippen MR) is 142 cm³/mol. The zero-order chi connectivity index (χ0) is 27.4. The van der Waals surface area contributed by atoms with Crippen LogP contribution in [-0.2, 0) is 15.4 Å². The molecule has 0 radical (unpaired) electrons. The smallest absolute Gasteiger partial charge is 0.356 e. The molecule has 0 aliphatic carbocycles. The van der Waals surface area contributed by atoms with Gasteiger partial charge < -0.3 is 9.80 Å². The Morgan fingerprint density at radius 2 is 1.49 bits per heavy atom. The van der Waals surface area contributed by atoms with E-state index in [0.717, 1.165) is 38.0 Å². The van der Waals surface area contributed by atoms with Gasteiger partial charge >= 0.3 is 6.18 Å². The van der Waals surface area contributed by atoms with Crippen LogP contribution < -0.4 is 4.90 Å². The van der Waals surface area contributed by atoms with E-state index in [0.29, 0.717) is 40.7 Å². The Morgan fingerprint density at radius 3 is 2.10 bits per heavy atom.